The fraction of sp³-hybridized carbons (Fsp3) is 0.227. The molecule has 1 heterocycles. The lowest BCUT2D eigenvalue weighted by atomic mass is 10.1. The minimum absolute atomic E-state index is 0.166. The van der Waals surface area contributed by atoms with Crippen LogP contribution in [0.1, 0.15) is 31.3 Å². The molecule has 1 aromatic heterocycles. The van der Waals surface area contributed by atoms with Gasteiger partial charge in [0.15, 0.2) is 11.5 Å². The van der Waals surface area contributed by atoms with Crippen LogP contribution in [0.5, 0.6) is 11.5 Å². The molecule has 0 aliphatic rings. The van der Waals surface area contributed by atoms with Crippen molar-refractivity contribution in [2.24, 2.45) is 0 Å². The summed E-state index contributed by atoms with van der Waals surface area (Å²) in [6.45, 7) is 2.12. The van der Waals surface area contributed by atoms with Gasteiger partial charge in [-0.15, -0.1) is 11.3 Å². The van der Waals surface area contributed by atoms with Crippen LogP contribution in [-0.4, -0.2) is 38.1 Å². The predicted molar refractivity (Wildman–Crippen MR) is 116 cm³/mol. The third-order valence-electron chi connectivity index (χ3n) is 4.50. The molecule has 0 saturated carbocycles. The van der Waals surface area contributed by atoms with Crippen molar-refractivity contribution in [1.82, 2.24) is 15.6 Å². The smallest absolute Gasteiger partial charge is 0.263 e. The molecule has 0 atom stereocenters. The highest BCUT2D eigenvalue weighted by atomic mass is 32.1. The van der Waals surface area contributed by atoms with E-state index in [1.165, 1.54) is 11.3 Å². The maximum atomic E-state index is 12.7. The van der Waals surface area contributed by atoms with Crippen LogP contribution in [-0.2, 0) is 6.54 Å². The molecule has 0 spiro atoms. The summed E-state index contributed by atoms with van der Waals surface area (Å²) >= 11 is 1.32. The van der Waals surface area contributed by atoms with Crippen LogP contribution in [0.3, 0.4) is 0 Å². The number of rotatable bonds is 7. The number of carbonyl (C=O) groups excluding carboxylic acids is 2. The Hall–Kier alpha value is -3.39. The number of ether oxygens (including phenoxy) is 2. The number of methoxy groups -OCH3 is 2. The van der Waals surface area contributed by atoms with E-state index in [0.29, 0.717) is 34.2 Å². The lowest BCUT2D eigenvalue weighted by Gasteiger charge is -2.08. The van der Waals surface area contributed by atoms with Gasteiger partial charge >= 0.3 is 0 Å². The maximum absolute atomic E-state index is 12.7. The Balaban J connectivity index is 1.75. The topological polar surface area (TPSA) is 89.6 Å². The molecule has 0 aliphatic heterocycles. The molecular weight excluding hydrogens is 402 g/mol. The third kappa shape index (κ3) is 4.60. The van der Waals surface area contributed by atoms with Gasteiger partial charge in [0.2, 0.25) is 0 Å². The lowest BCUT2D eigenvalue weighted by molar-refractivity contribution is 0.0951. The number of nitrogens with zero attached hydrogens (tertiary/aromatic N) is 1. The monoisotopic (exact) mass is 425 g/mol. The van der Waals surface area contributed by atoms with E-state index >= 15 is 0 Å². The first-order chi connectivity index (χ1) is 14.5. The highest BCUT2D eigenvalue weighted by molar-refractivity contribution is 7.17. The SMILES string of the molecule is CNC(=O)c1cccc(CNC(=O)c2sc(-c3ccc(OC)c(OC)c3)nc2C)c1. The lowest BCUT2D eigenvalue weighted by Crippen LogP contribution is -2.23. The first-order valence-electron chi connectivity index (χ1n) is 9.25. The summed E-state index contributed by atoms with van der Waals surface area (Å²) in [5.41, 5.74) is 2.89. The standard InChI is InChI=1S/C22H23N3O4S/c1-13-19(21(27)24-12-14-6-5-7-15(10-14)20(26)23-2)30-22(25-13)16-8-9-17(28-3)18(11-16)29-4/h5-11H,12H2,1-4H3,(H,23,26)(H,24,27). The van der Waals surface area contributed by atoms with Crippen LogP contribution in [0.4, 0.5) is 0 Å². The van der Waals surface area contributed by atoms with E-state index in [1.807, 2.05) is 31.2 Å². The summed E-state index contributed by atoms with van der Waals surface area (Å²) in [6, 6.07) is 12.7. The molecule has 0 bridgehead atoms. The summed E-state index contributed by atoms with van der Waals surface area (Å²) in [5.74, 6) is 0.861. The summed E-state index contributed by atoms with van der Waals surface area (Å²) < 4.78 is 10.6. The van der Waals surface area contributed by atoms with E-state index < -0.39 is 0 Å². The van der Waals surface area contributed by atoms with Gasteiger partial charge in [0, 0.05) is 24.7 Å². The van der Waals surface area contributed by atoms with Gasteiger partial charge in [0.05, 0.1) is 19.9 Å². The van der Waals surface area contributed by atoms with Crippen LogP contribution in [0, 0.1) is 6.92 Å². The molecular formula is C22H23N3O4S. The molecule has 2 N–H and O–H groups in total. The molecule has 0 fully saturated rings. The van der Waals surface area contributed by atoms with Gasteiger partial charge in [-0.2, -0.15) is 0 Å². The van der Waals surface area contributed by atoms with Crippen molar-refractivity contribution in [2.75, 3.05) is 21.3 Å². The van der Waals surface area contributed by atoms with Gasteiger partial charge in [-0.05, 0) is 42.8 Å². The van der Waals surface area contributed by atoms with Gasteiger partial charge in [0.1, 0.15) is 9.88 Å². The number of benzene rings is 2. The Labute approximate surface area is 179 Å². The van der Waals surface area contributed by atoms with E-state index in [2.05, 4.69) is 15.6 Å². The van der Waals surface area contributed by atoms with E-state index in [1.54, 1.807) is 39.5 Å². The molecule has 0 saturated heterocycles. The first kappa shape index (κ1) is 21.3. The molecule has 0 aliphatic carbocycles. The van der Waals surface area contributed by atoms with Crippen LogP contribution in [0.2, 0.25) is 0 Å². The summed E-state index contributed by atoms with van der Waals surface area (Å²) in [7, 11) is 4.74. The Kier molecular flexibility index (Phi) is 6.68. The van der Waals surface area contributed by atoms with Crippen molar-refractivity contribution >= 4 is 23.2 Å². The van der Waals surface area contributed by atoms with Gasteiger partial charge in [0.25, 0.3) is 11.8 Å². The Morgan fingerprint density at radius 1 is 1.03 bits per heavy atom. The third-order valence-corrected chi connectivity index (χ3v) is 5.71. The molecule has 7 nitrogen and oxygen atoms in total. The van der Waals surface area contributed by atoms with Crippen molar-refractivity contribution in [1.29, 1.82) is 0 Å². The number of amides is 2. The second-order valence-electron chi connectivity index (χ2n) is 6.47. The Bertz CT molecular complexity index is 1080. The zero-order valence-electron chi connectivity index (χ0n) is 17.2. The average Bonchev–Trinajstić information content (AvgIpc) is 3.18. The maximum Gasteiger partial charge on any atom is 0.263 e. The van der Waals surface area contributed by atoms with Crippen LogP contribution in [0.25, 0.3) is 10.6 Å². The number of hydrogen-bond donors (Lipinski definition) is 2. The van der Waals surface area contributed by atoms with Crippen molar-refractivity contribution in [3.05, 3.63) is 64.2 Å². The zero-order chi connectivity index (χ0) is 21.7. The van der Waals surface area contributed by atoms with Crippen LogP contribution < -0.4 is 20.1 Å². The van der Waals surface area contributed by atoms with Gasteiger partial charge in [-0.1, -0.05) is 12.1 Å². The molecule has 3 aromatic rings. The fourth-order valence-electron chi connectivity index (χ4n) is 2.93. The predicted octanol–water partition coefficient (Wildman–Crippen LogP) is 3.43. The fourth-order valence-corrected chi connectivity index (χ4v) is 3.91. The number of thiazole rings is 1. The molecule has 3 rings (SSSR count). The number of aromatic nitrogens is 1. The summed E-state index contributed by atoms with van der Waals surface area (Å²) in [6.07, 6.45) is 0. The largest absolute Gasteiger partial charge is 0.493 e. The second-order valence-corrected chi connectivity index (χ2v) is 7.46. The molecule has 156 valence electrons. The highest BCUT2D eigenvalue weighted by Gasteiger charge is 2.17. The van der Waals surface area contributed by atoms with E-state index in [-0.39, 0.29) is 11.8 Å². The first-order valence-corrected chi connectivity index (χ1v) is 10.1. The van der Waals surface area contributed by atoms with Gasteiger partial charge in [-0.25, -0.2) is 4.98 Å². The van der Waals surface area contributed by atoms with Crippen molar-refractivity contribution in [3.63, 3.8) is 0 Å². The highest BCUT2D eigenvalue weighted by Crippen LogP contribution is 2.35. The van der Waals surface area contributed by atoms with E-state index in [4.69, 9.17) is 9.47 Å². The number of carbonyl (C=O) groups is 2. The van der Waals surface area contributed by atoms with Crippen LogP contribution >= 0.6 is 11.3 Å². The molecule has 8 heteroatoms. The van der Waals surface area contributed by atoms with Crippen molar-refractivity contribution in [2.45, 2.75) is 13.5 Å². The number of aryl methyl sites for hydroxylation is 1. The number of hydrogen-bond acceptors (Lipinski definition) is 6. The molecule has 2 amide bonds. The minimum Gasteiger partial charge on any atom is -0.493 e. The van der Waals surface area contributed by atoms with Gasteiger partial charge < -0.3 is 20.1 Å². The van der Waals surface area contributed by atoms with Crippen LogP contribution in [0.15, 0.2) is 42.5 Å². The van der Waals surface area contributed by atoms with E-state index in [0.717, 1.165) is 16.1 Å². The average molecular weight is 426 g/mol. The molecule has 0 radical (unpaired) electrons. The van der Waals surface area contributed by atoms with E-state index in [9.17, 15) is 9.59 Å². The Morgan fingerprint density at radius 2 is 1.80 bits per heavy atom. The summed E-state index contributed by atoms with van der Waals surface area (Å²) in [5, 5.41) is 6.21. The second kappa shape index (κ2) is 9.41. The number of nitrogens with one attached hydrogen (secondary N) is 2. The Morgan fingerprint density at radius 3 is 2.50 bits per heavy atom. The van der Waals surface area contributed by atoms with Crippen molar-refractivity contribution < 1.29 is 19.1 Å². The summed E-state index contributed by atoms with van der Waals surface area (Å²) in [4.78, 5) is 29.6. The molecule has 30 heavy (non-hydrogen) atoms. The minimum atomic E-state index is -0.206. The zero-order valence-corrected chi connectivity index (χ0v) is 18.1. The normalized spacial score (nSPS) is 10.4. The molecule has 2 aromatic carbocycles. The quantitative estimate of drug-likeness (QED) is 0.605. The van der Waals surface area contributed by atoms with Crippen molar-refractivity contribution in [3.8, 4) is 22.1 Å². The molecule has 0 unspecified atom stereocenters. The van der Waals surface area contributed by atoms with Gasteiger partial charge in [-0.3, -0.25) is 9.59 Å².